The Bertz CT molecular complexity index is 841. The summed E-state index contributed by atoms with van der Waals surface area (Å²) in [5.74, 6) is 3.32. The van der Waals surface area contributed by atoms with Crippen LogP contribution in [0.5, 0.6) is 0 Å². The van der Waals surface area contributed by atoms with E-state index in [1.54, 1.807) is 13.1 Å². The monoisotopic (exact) mass is 482 g/mol. The Balaban J connectivity index is 0. The van der Waals surface area contributed by atoms with Crippen molar-refractivity contribution in [1.29, 1.82) is 0 Å². The molecule has 0 amide bonds. The van der Waals surface area contributed by atoms with Crippen LogP contribution >= 0.6 is 0 Å². The van der Waals surface area contributed by atoms with E-state index in [0.29, 0.717) is 5.82 Å². The molecule has 0 radical (unpaired) electrons. The van der Waals surface area contributed by atoms with Crippen LogP contribution < -0.4 is 5.73 Å². The predicted molar refractivity (Wildman–Crippen MR) is 163 cm³/mol. The maximum atomic E-state index is 6.00. The summed E-state index contributed by atoms with van der Waals surface area (Å²) in [6.07, 6.45) is 11.2. The fourth-order valence-corrected chi connectivity index (χ4v) is 4.24. The van der Waals surface area contributed by atoms with Crippen molar-refractivity contribution in [3.63, 3.8) is 0 Å². The molecular formula is C31H54N4. The van der Waals surface area contributed by atoms with Gasteiger partial charge in [-0.1, -0.05) is 93.0 Å². The molecule has 0 bridgehead atoms. The quantitative estimate of drug-likeness (QED) is 0.315. The van der Waals surface area contributed by atoms with Crippen molar-refractivity contribution in [3.05, 3.63) is 42.0 Å². The molecule has 0 aliphatic heterocycles. The smallest absolute Gasteiger partial charge is 0.131 e. The van der Waals surface area contributed by atoms with E-state index < -0.39 is 0 Å². The molecule has 0 spiro atoms. The number of fused-ring (bicyclic) bond motifs is 1. The van der Waals surface area contributed by atoms with E-state index in [4.69, 9.17) is 5.73 Å². The summed E-state index contributed by atoms with van der Waals surface area (Å²) in [4.78, 5) is 11.4. The van der Waals surface area contributed by atoms with Crippen LogP contribution in [0.4, 0.5) is 5.82 Å². The van der Waals surface area contributed by atoms with Gasteiger partial charge in [0.05, 0.1) is 5.52 Å². The van der Waals surface area contributed by atoms with Crippen molar-refractivity contribution < 1.29 is 0 Å². The minimum Gasteiger partial charge on any atom is -0.383 e. The minimum atomic E-state index is 0.571. The number of aromatic nitrogens is 1. The molecule has 35 heavy (non-hydrogen) atoms. The zero-order valence-corrected chi connectivity index (χ0v) is 24.3. The molecule has 3 unspecified atom stereocenters. The number of hydrogen-bond donors (Lipinski definition) is 1. The van der Waals surface area contributed by atoms with Gasteiger partial charge in [0.15, 0.2) is 0 Å². The lowest BCUT2D eigenvalue weighted by Crippen LogP contribution is -2.07. The topological polar surface area (TPSA) is 63.6 Å². The van der Waals surface area contributed by atoms with Gasteiger partial charge in [0.2, 0.25) is 0 Å². The van der Waals surface area contributed by atoms with Crippen molar-refractivity contribution in [3.8, 4) is 0 Å². The summed E-state index contributed by atoms with van der Waals surface area (Å²) in [5, 5.41) is 1.14. The molecule has 1 aliphatic carbocycles. The first-order valence-corrected chi connectivity index (χ1v) is 13.7. The van der Waals surface area contributed by atoms with Crippen molar-refractivity contribution in [1.82, 2.24) is 4.98 Å². The van der Waals surface area contributed by atoms with Crippen LogP contribution in [0, 0.1) is 17.8 Å². The molecule has 4 nitrogen and oxygen atoms in total. The number of aryl methyl sites for hydroxylation is 1. The molecule has 2 aromatic rings. The zero-order valence-electron chi connectivity index (χ0n) is 24.3. The zero-order chi connectivity index (χ0) is 27.2. The average Bonchev–Trinajstić information content (AvgIpc) is 3.40. The van der Waals surface area contributed by atoms with Gasteiger partial charge in [-0.25, -0.2) is 4.98 Å². The van der Waals surface area contributed by atoms with Gasteiger partial charge in [-0.15, -0.1) is 0 Å². The van der Waals surface area contributed by atoms with Crippen molar-refractivity contribution >= 4 is 35.9 Å². The summed E-state index contributed by atoms with van der Waals surface area (Å²) in [5.41, 5.74) is 9.29. The molecule has 1 heterocycles. The molecular weight excluding hydrogens is 428 g/mol. The molecule has 2 N–H and O–H groups in total. The van der Waals surface area contributed by atoms with E-state index in [1.165, 1.54) is 44.0 Å². The van der Waals surface area contributed by atoms with Gasteiger partial charge in [-0.3, -0.25) is 9.98 Å². The molecule has 1 fully saturated rings. The molecule has 3 rings (SSSR count). The first-order valence-electron chi connectivity index (χ1n) is 13.7. The SMILES string of the molecule is C=Cc1cc2ccc(CCC3CCC(C(C)CC)C3)cc2nc1N.C=NC=NC.CC.CC.CC. The van der Waals surface area contributed by atoms with E-state index >= 15 is 0 Å². The van der Waals surface area contributed by atoms with Gasteiger partial charge in [0, 0.05) is 18.0 Å². The number of hydrogen-bond acceptors (Lipinski definition) is 3. The summed E-state index contributed by atoms with van der Waals surface area (Å²) < 4.78 is 0. The average molecular weight is 483 g/mol. The van der Waals surface area contributed by atoms with E-state index in [2.05, 4.69) is 66.4 Å². The van der Waals surface area contributed by atoms with Gasteiger partial charge in [-0.05, 0) is 67.9 Å². The Hall–Kier alpha value is -2.49. The molecule has 1 aliphatic rings. The fourth-order valence-electron chi connectivity index (χ4n) is 4.24. The summed E-state index contributed by atoms with van der Waals surface area (Å²) in [7, 11) is 1.65. The highest BCUT2D eigenvalue weighted by atomic mass is 14.8. The first-order chi connectivity index (χ1) is 17.0. The number of aliphatic imine (C=N–C) groups is 2. The normalized spacial score (nSPS) is 16.8. The number of pyridine rings is 1. The molecule has 1 aromatic carbocycles. The highest BCUT2D eigenvalue weighted by Crippen LogP contribution is 2.39. The van der Waals surface area contributed by atoms with Crippen LogP contribution in [0.1, 0.15) is 98.6 Å². The second-order valence-corrected chi connectivity index (χ2v) is 8.11. The fraction of sp³-hybridized carbons (Fsp3) is 0.581. The Labute approximate surface area is 217 Å². The minimum absolute atomic E-state index is 0.571. The van der Waals surface area contributed by atoms with Crippen molar-refractivity contribution in [2.45, 2.75) is 93.9 Å². The molecule has 3 atom stereocenters. The molecule has 1 aromatic heterocycles. The van der Waals surface area contributed by atoms with Crippen LogP contribution in [0.2, 0.25) is 0 Å². The molecule has 1 saturated carbocycles. The Morgan fingerprint density at radius 1 is 1.11 bits per heavy atom. The van der Waals surface area contributed by atoms with Crippen LogP contribution in [0.25, 0.3) is 17.0 Å². The number of nitrogen functional groups attached to an aromatic ring is 1. The third-order valence-electron chi connectivity index (χ3n) is 6.23. The predicted octanol–water partition coefficient (Wildman–Crippen LogP) is 9.28. The lowest BCUT2D eigenvalue weighted by molar-refractivity contribution is 0.340. The van der Waals surface area contributed by atoms with Crippen molar-refractivity contribution in [2.75, 3.05) is 12.8 Å². The highest BCUT2D eigenvalue weighted by molar-refractivity contribution is 5.84. The molecule has 198 valence electrons. The second kappa shape index (κ2) is 22.0. The molecule has 4 heteroatoms. The van der Waals surface area contributed by atoms with Crippen LogP contribution in [0.15, 0.2) is 40.8 Å². The third kappa shape index (κ3) is 12.7. The Morgan fingerprint density at radius 3 is 2.29 bits per heavy atom. The van der Waals surface area contributed by atoms with Gasteiger partial charge in [0.1, 0.15) is 12.2 Å². The van der Waals surface area contributed by atoms with Crippen LogP contribution in [0.3, 0.4) is 0 Å². The van der Waals surface area contributed by atoms with E-state index in [9.17, 15) is 0 Å². The number of nitrogens with two attached hydrogens (primary N) is 1. The summed E-state index contributed by atoms with van der Waals surface area (Å²) >= 11 is 0. The highest BCUT2D eigenvalue weighted by Gasteiger charge is 2.27. The van der Waals surface area contributed by atoms with E-state index in [-0.39, 0.29) is 0 Å². The van der Waals surface area contributed by atoms with Gasteiger partial charge < -0.3 is 5.73 Å². The van der Waals surface area contributed by atoms with Gasteiger partial charge >= 0.3 is 0 Å². The largest absolute Gasteiger partial charge is 0.383 e. The Morgan fingerprint density at radius 2 is 1.77 bits per heavy atom. The number of rotatable bonds is 7. The van der Waals surface area contributed by atoms with Crippen molar-refractivity contribution in [2.24, 2.45) is 27.7 Å². The first kappa shape index (κ1) is 34.7. The number of benzene rings is 1. The standard InChI is InChI=1S/C22H30N2.C3H6N2.3C2H6/c1-4-15(3)19-10-8-16(12-19)6-7-17-9-11-20-14-18(5-2)22(23)24-21(20)13-17;1-4-3-5-2;3*1-2/h5,9,11,13-16,19H,2,4,6-8,10,12H2,1,3H3,(H2,23,24);3H,1H2,2H3;3*1-2H3. The summed E-state index contributed by atoms with van der Waals surface area (Å²) in [6.45, 7) is 23.7. The second-order valence-electron chi connectivity index (χ2n) is 8.11. The molecule has 0 saturated heterocycles. The number of anilines is 1. The lowest BCUT2D eigenvalue weighted by atomic mass is 9.88. The Kier molecular flexibility index (Phi) is 21.8. The maximum absolute atomic E-state index is 6.00. The van der Waals surface area contributed by atoms with E-state index in [0.717, 1.165) is 40.6 Å². The lowest BCUT2D eigenvalue weighted by Gasteiger charge is -2.17. The number of nitrogens with zero attached hydrogens (tertiary/aromatic N) is 3. The van der Waals surface area contributed by atoms with Gasteiger partial charge in [0.25, 0.3) is 0 Å². The maximum Gasteiger partial charge on any atom is 0.131 e. The third-order valence-corrected chi connectivity index (χ3v) is 6.23. The van der Waals surface area contributed by atoms with E-state index in [1.807, 2.05) is 41.5 Å². The van der Waals surface area contributed by atoms with Crippen LogP contribution in [-0.4, -0.2) is 25.1 Å². The van der Waals surface area contributed by atoms with Gasteiger partial charge in [-0.2, -0.15) is 0 Å². The summed E-state index contributed by atoms with van der Waals surface area (Å²) in [6, 6.07) is 8.69. The van der Waals surface area contributed by atoms with Crippen LogP contribution in [-0.2, 0) is 6.42 Å².